The molecule has 0 aliphatic carbocycles. The molecule has 0 unspecified atom stereocenters. The summed E-state index contributed by atoms with van der Waals surface area (Å²) in [7, 11) is -1.22. The zero-order valence-corrected chi connectivity index (χ0v) is 16.2. The van der Waals surface area contributed by atoms with Gasteiger partial charge in [0.1, 0.15) is 6.61 Å². The van der Waals surface area contributed by atoms with Crippen LogP contribution in [-0.4, -0.2) is 39.7 Å². The molecule has 2 atom stereocenters. The van der Waals surface area contributed by atoms with Gasteiger partial charge in [0.05, 0.1) is 22.3 Å². The number of aliphatic hydroxyl groups excluding tert-OH is 1. The van der Waals surface area contributed by atoms with Crippen LogP contribution in [0.3, 0.4) is 0 Å². The number of halogens is 3. The Morgan fingerprint density at radius 3 is 2.42 bits per heavy atom. The Balaban J connectivity index is 2.77. The van der Waals surface area contributed by atoms with Gasteiger partial charge in [-0.1, -0.05) is 6.07 Å². The highest BCUT2D eigenvalue weighted by molar-refractivity contribution is 7.84. The largest absolute Gasteiger partial charge is 0.573 e. The third kappa shape index (κ3) is 8.37. The maximum atomic E-state index is 12.6. The molecule has 0 heterocycles. The molecule has 1 aromatic rings. The van der Waals surface area contributed by atoms with Gasteiger partial charge in [0.15, 0.2) is 11.5 Å². The quantitative estimate of drug-likeness (QED) is 0.671. The van der Waals surface area contributed by atoms with E-state index in [1.165, 1.54) is 12.1 Å². The first-order valence-electron chi connectivity index (χ1n) is 8.22. The number of aryl methyl sites for hydroxylation is 1. The summed E-state index contributed by atoms with van der Waals surface area (Å²) in [6.07, 6.45) is -3.78. The molecule has 9 heteroatoms. The topological polar surface area (TPSA) is 67.8 Å². The number of aliphatic hydroxyl groups is 1. The monoisotopic (exact) mass is 397 g/mol. The Kier molecular flexibility index (Phi) is 8.36. The first-order chi connectivity index (χ1) is 11.9. The zero-order chi connectivity index (χ0) is 20.0. The number of benzene rings is 1. The van der Waals surface area contributed by atoms with Gasteiger partial charge in [0.2, 0.25) is 0 Å². The molecule has 26 heavy (non-hydrogen) atoms. The summed E-state index contributed by atoms with van der Waals surface area (Å²) in [6, 6.07) is 4.22. The Bertz CT molecular complexity index is 603. The van der Waals surface area contributed by atoms with Gasteiger partial charge in [-0.15, -0.1) is 13.2 Å². The smallest absolute Gasteiger partial charge is 0.487 e. The fourth-order valence-corrected chi connectivity index (χ4v) is 2.83. The fraction of sp³-hybridized carbons (Fsp3) is 0.647. The third-order valence-corrected chi connectivity index (χ3v) is 5.04. The maximum absolute atomic E-state index is 12.6. The molecule has 1 aromatic carbocycles. The highest BCUT2D eigenvalue weighted by Crippen LogP contribution is 2.33. The molecule has 0 bridgehead atoms. The Morgan fingerprint density at radius 1 is 1.23 bits per heavy atom. The van der Waals surface area contributed by atoms with E-state index in [-0.39, 0.29) is 25.0 Å². The van der Waals surface area contributed by atoms with E-state index in [1.807, 2.05) is 27.7 Å². The number of alkyl halides is 3. The van der Waals surface area contributed by atoms with E-state index in [1.54, 1.807) is 6.07 Å². The van der Waals surface area contributed by atoms with Crippen LogP contribution in [0.2, 0.25) is 0 Å². The number of rotatable bonds is 9. The SMILES string of the molecule is C[C@H](CCc1ccc(OCCO)c(OC(F)(F)F)c1)N[S@](=O)C(C)(C)C. The summed E-state index contributed by atoms with van der Waals surface area (Å²) in [5.74, 6) is -0.525. The van der Waals surface area contributed by atoms with Crippen LogP contribution in [-0.2, 0) is 17.4 Å². The minimum atomic E-state index is -4.84. The third-order valence-electron chi connectivity index (χ3n) is 3.31. The number of hydrogen-bond donors (Lipinski definition) is 2. The van der Waals surface area contributed by atoms with E-state index < -0.39 is 27.8 Å². The summed E-state index contributed by atoms with van der Waals surface area (Å²) in [4.78, 5) is 0. The van der Waals surface area contributed by atoms with Crippen LogP contribution < -0.4 is 14.2 Å². The summed E-state index contributed by atoms with van der Waals surface area (Å²) in [6.45, 7) is 6.99. The van der Waals surface area contributed by atoms with Gasteiger partial charge in [-0.25, -0.2) is 8.93 Å². The second kappa shape index (κ2) is 9.57. The molecular formula is C17H26F3NO4S. The van der Waals surface area contributed by atoms with Crippen LogP contribution in [0, 0.1) is 0 Å². The Hall–Kier alpha value is -1.32. The lowest BCUT2D eigenvalue weighted by molar-refractivity contribution is -0.275. The van der Waals surface area contributed by atoms with Crippen molar-refractivity contribution in [1.82, 2.24) is 4.72 Å². The normalized spacial score (nSPS) is 14.8. The van der Waals surface area contributed by atoms with Crippen molar-refractivity contribution in [2.45, 2.75) is 57.7 Å². The molecule has 0 fully saturated rings. The molecule has 0 aliphatic rings. The number of ether oxygens (including phenoxy) is 2. The van der Waals surface area contributed by atoms with Gasteiger partial charge in [0, 0.05) is 6.04 Å². The lowest BCUT2D eigenvalue weighted by Crippen LogP contribution is -2.38. The van der Waals surface area contributed by atoms with E-state index in [0.29, 0.717) is 18.4 Å². The van der Waals surface area contributed by atoms with Crippen molar-refractivity contribution in [3.8, 4) is 11.5 Å². The van der Waals surface area contributed by atoms with Crippen LogP contribution in [0.5, 0.6) is 11.5 Å². The van der Waals surface area contributed by atoms with Crippen molar-refractivity contribution in [2.24, 2.45) is 0 Å². The van der Waals surface area contributed by atoms with Crippen LogP contribution in [0.1, 0.15) is 39.7 Å². The van der Waals surface area contributed by atoms with Crippen LogP contribution in [0.15, 0.2) is 18.2 Å². The molecular weight excluding hydrogens is 371 g/mol. The molecule has 0 saturated carbocycles. The molecule has 0 spiro atoms. The lowest BCUT2D eigenvalue weighted by atomic mass is 10.1. The minimum Gasteiger partial charge on any atom is -0.487 e. The highest BCUT2D eigenvalue weighted by atomic mass is 32.2. The van der Waals surface area contributed by atoms with Gasteiger partial charge >= 0.3 is 6.36 Å². The first kappa shape index (κ1) is 22.7. The lowest BCUT2D eigenvalue weighted by Gasteiger charge is -2.22. The summed E-state index contributed by atoms with van der Waals surface area (Å²) >= 11 is 0. The van der Waals surface area contributed by atoms with Crippen molar-refractivity contribution < 1.29 is 32.0 Å². The second-order valence-electron chi connectivity index (χ2n) is 6.84. The molecule has 5 nitrogen and oxygen atoms in total. The second-order valence-corrected chi connectivity index (χ2v) is 8.84. The predicted octanol–water partition coefficient (Wildman–Crippen LogP) is 3.33. The van der Waals surface area contributed by atoms with Gasteiger partial charge < -0.3 is 14.6 Å². The van der Waals surface area contributed by atoms with E-state index in [4.69, 9.17) is 9.84 Å². The van der Waals surface area contributed by atoms with E-state index >= 15 is 0 Å². The van der Waals surface area contributed by atoms with Crippen LogP contribution in [0.4, 0.5) is 13.2 Å². The highest BCUT2D eigenvalue weighted by Gasteiger charge is 2.32. The Labute approximate surface area is 154 Å². The van der Waals surface area contributed by atoms with E-state index in [9.17, 15) is 17.4 Å². The molecule has 0 aliphatic heterocycles. The number of hydrogen-bond acceptors (Lipinski definition) is 4. The summed E-state index contributed by atoms with van der Waals surface area (Å²) in [5.41, 5.74) is 0.635. The van der Waals surface area contributed by atoms with Gasteiger partial charge in [-0.2, -0.15) is 0 Å². The van der Waals surface area contributed by atoms with Crippen molar-refractivity contribution >= 4 is 11.0 Å². The van der Waals surface area contributed by atoms with Crippen molar-refractivity contribution in [1.29, 1.82) is 0 Å². The fourth-order valence-electron chi connectivity index (χ4n) is 1.99. The van der Waals surface area contributed by atoms with Gasteiger partial charge in [-0.05, 0) is 58.2 Å². The minimum absolute atomic E-state index is 0.0765. The van der Waals surface area contributed by atoms with Crippen molar-refractivity contribution in [3.05, 3.63) is 23.8 Å². The van der Waals surface area contributed by atoms with Crippen LogP contribution >= 0.6 is 0 Å². The average Bonchev–Trinajstić information content (AvgIpc) is 2.49. The Morgan fingerprint density at radius 2 is 1.88 bits per heavy atom. The van der Waals surface area contributed by atoms with Crippen molar-refractivity contribution in [3.63, 3.8) is 0 Å². The molecule has 0 aromatic heterocycles. The van der Waals surface area contributed by atoms with Gasteiger partial charge in [-0.3, -0.25) is 0 Å². The van der Waals surface area contributed by atoms with Crippen molar-refractivity contribution in [2.75, 3.05) is 13.2 Å². The predicted molar refractivity (Wildman–Crippen MR) is 94.5 cm³/mol. The standard InChI is InChI=1S/C17H26F3NO4S/c1-12(21-26(23)16(2,3)4)5-6-13-7-8-14(24-10-9-22)15(11-13)25-17(18,19)20/h7-8,11-12,21-22H,5-6,9-10H2,1-4H3/t12-,26-/m1/s1. The molecule has 0 radical (unpaired) electrons. The molecule has 1 rings (SSSR count). The zero-order valence-electron chi connectivity index (χ0n) is 15.4. The summed E-state index contributed by atoms with van der Waals surface area (Å²) in [5, 5.41) is 8.76. The summed E-state index contributed by atoms with van der Waals surface area (Å²) < 4.78 is 61.5. The van der Waals surface area contributed by atoms with E-state index in [0.717, 1.165) is 0 Å². The molecule has 0 amide bonds. The first-order valence-corrected chi connectivity index (χ1v) is 9.37. The number of nitrogens with one attached hydrogen (secondary N) is 1. The molecule has 2 N–H and O–H groups in total. The average molecular weight is 397 g/mol. The van der Waals surface area contributed by atoms with Gasteiger partial charge in [0.25, 0.3) is 0 Å². The van der Waals surface area contributed by atoms with Crippen LogP contribution in [0.25, 0.3) is 0 Å². The molecule has 0 saturated heterocycles. The maximum Gasteiger partial charge on any atom is 0.573 e. The van der Waals surface area contributed by atoms with E-state index in [2.05, 4.69) is 9.46 Å². The molecule has 150 valence electrons.